The molecule has 0 bridgehead atoms. The zero-order valence-corrected chi connectivity index (χ0v) is 12.2. The second kappa shape index (κ2) is 5.63. The van der Waals surface area contributed by atoms with E-state index in [-0.39, 0.29) is 17.7 Å². The van der Waals surface area contributed by atoms with Crippen molar-refractivity contribution in [2.45, 2.75) is 13.3 Å². The third-order valence-corrected chi connectivity index (χ3v) is 3.55. The normalized spacial score (nSPS) is 10.7. The van der Waals surface area contributed by atoms with Crippen LogP contribution >= 0.6 is 11.6 Å². The SMILES string of the molecule is COc1cccc(F)c1C(=O)Cc1c(C)nn(C)c1Cl. The summed E-state index contributed by atoms with van der Waals surface area (Å²) in [6, 6.07) is 4.27. The standard InChI is InChI=1S/C14H14ClFN2O2/c1-8-9(14(15)18(2)17-8)7-11(19)13-10(16)5-4-6-12(13)20-3/h4-6H,7H2,1-3H3. The van der Waals surface area contributed by atoms with Crippen LogP contribution in [0.1, 0.15) is 21.6 Å². The molecule has 2 aromatic rings. The van der Waals surface area contributed by atoms with Gasteiger partial charge in [-0.05, 0) is 19.1 Å². The monoisotopic (exact) mass is 296 g/mol. The smallest absolute Gasteiger partial charge is 0.174 e. The topological polar surface area (TPSA) is 44.1 Å². The summed E-state index contributed by atoms with van der Waals surface area (Å²) >= 11 is 6.08. The zero-order valence-electron chi connectivity index (χ0n) is 11.4. The first-order valence-corrected chi connectivity index (χ1v) is 6.37. The number of hydrogen-bond donors (Lipinski definition) is 0. The van der Waals surface area contributed by atoms with Gasteiger partial charge in [-0.15, -0.1) is 0 Å². The Morgan fingerprint density at radius 3 is 2.75 bits per heavy atom. The van der Waals surface area contributed by atoms with E-state index in [4.69, 9.17) is 16.3 Å². The zero-order chi connectivity index (χ0) is 14.9. The van der Waals surface area contributed by atoms with Crippen molar-refractivity contribution in [3.05, 3.63) is 46.0 Å². The lowest BCUT2D eigenvalue weighted by molar-refractivity contribution is 0.0985. The quantitative estimate of drug-likeness (QED) is 0.815. The number of halogens is 2. The maximum absolute atomic E-state index is 13.8. The average Bonchev–Trinajstić information content (AvgIpc) is 2.64. The summed E-state index contributed by atoms with van der Waals surface area (Å²) in [6.45, 7) is 1.76. The lowest BCUT2D eigenvalue weighted by atomic mass is 10.0. The molecular formula is C14H14ClFN2O2. The third kappa shape index (κ3) is 2.54. The van der Waals surface area contributed by atoms with E-state index in [1.165, 1.54) is 23.9 Å². The molecule has 0 N–H and O–H groups in total. The maximum Gasteiger partial charge on any atom is 0.174 e. The van der Waals surface area contributed by atoms with Crippen LogP contribution in [0, 0.1) is 12.7 Å². The highest BCUT2D eigenvalue weighted by atomic mass is 35.5. The second-order valence-electron chi connectivity index (χ2n) is 4.40. The summed E-state index contributed by atoms with van der Waals surface area (Å²) in [4.78, 5) is 12.3. The molecule has 0 saturated heterocycles. The second-order valence-corrected chi connectivity index (χ2v) is 4.75. The van der Waals surface area contributed by atoms with Crippen LogP contribution in [-0.2, 0) is 13.5 Å². The molecule has 0 saturated carbocycles. The van der Waals surface area contributed by atoms with Gasteiger partial charge in [0.15, 0.2) is 5.78 Å². The van der Waals surface area contributed by atoms with Crippen LogP contribution in [0.5, 0.6) is 5.75 Å². The Morgan fingerprint density at radius 1 is 1.50 bits per heavy atom. The van der Waals surface area contributed by atoms with Gasteiger partial charge in [0.2, 0.25) is 0 Å². The van der Waals surface area contributed by atoms with Crippen molar-refractivity contribution in [1.29, 1.82) is 0 Å². The van der Waals surface area contributed by atoms with E-state index in [9.17, 15) is 9.18 Å². The number of ether oxygens (including phenoxy) is 1. The fourth-order valence-corrected chi connectivity index (χ4v) is 2.31. The minimum atomic E-state index is -0.605. The Hall–Kier alpha value is -1.88. The first-order valence-electron chi connectivity index (χ1n) is 5.99. The van der Waals surface area contributed by atoms with E-state index in [0.29, 0.717) is 16.4 Å². The minimum Gasteiger partial charge on any atom is -0.496 e. The third-order valence-electron chi connectivity index (χ3n) is 3.08. The van der Waals surface area contributed by atoms with E-state index in [1.54, 1.807) is 20.0 Å². The average molecular weight is 297 g/mol. The Morgan fingerprint density at radius 2 is 2.20 bits per heavy atom. The summed E-state index contributed by atoms with van der Waals surface area (Å²) in [5.74, 6) is -0.780. The van der Waals surface area contributed by atoms with E-state index in [0.717, 1.165) is 0 Å². The van der Waals surface area contributed by atoms with Crippen molar-refractivity contribution in [1.82, 2.24) is 9.78 Å². The van der Waals surface area contributed by atoms with Crippen molar-refractivity contribution >= 4 is 17.4 Å². The number of benzene rings is 1. The molecule has 1 heterocycles. The molecule has 106 valence electrons. The molecule has 0 aliphatic carbocycles. The van der Waals surface area contributed by atoms with Crippen LogP contribution in [-0.4, -0.2) is 22.7 Å². The van der Waals surface area contributed by atoms with Crippen molar-refractivity contribution < 1.29 is 13.9 Å². The minimum absolute atomic E-state index is 0.0181. The van der Waals surface area contributed by atoms with E-state index in [1.807, 2.05) is 0 Å². The van der Waals surface area contributed by atoms with Crippen LogP contribution in [0.25, 0.3) is 0 Å². The van der Waals surface area contributed by atoms with Gasteiger partial charge in [0.05, 0.1) is 18.4 Å². The molecule has 4 nitrogen and oxygen atoms in total. The van der Waals surface area contributed by atoms with Gasteiger partial charge >= 0.3 is 0 Å². The van der Waals surface area contributed by atoms with Crippen molar-refractivity contribution in [2.24, 2.45) is 7.05 Å². The van der Waals surface area contributed by atoms with E-state index in [2.05, 4.69) is 5.10 Å². The fraction of sp³-hybridized carbons (Fsp3) is 0.286. The highest BCUT2D eigenvalue weighted by Gasteiger charge is 2.21. The van der Waals surface area contributed by atoms with Gasteiger partial charge in [0.25, 0.3) is 0 Å². The van der Waals surface area contributed by atoms with Crippen LogP contribution < -0.4 is 4.74 Å². The summed E-state index contributed by atoms with van der Waals surface area (Å²) < 4.78 is 20.4. The first kappa shape index (κ1) is 14.5. The number of Topliss-reactive ketones (excluding diaryl/α,β-unsaturated/α-hetero) is 1. The molecule has 2 rings (SSSR count). The lowest BCUT2D eigenvalue weighted by Gasteiger charge is -2.08. The molecular weight excluding hydrogens is 283 g/mol. The number of hydrogen-bond acceptors (Lipinski definition) is 3. The van der Waals surface area contributed by atoms with Gasteiger partial charge in [-0.2, -0.15) is 5.10 Å². The van der Waals surface area contributed by atoms with E-state index >= 15 is 0 Å². The summed E-state index contributed by atoms with van der Waals surface area (Å²) in [7, 11) is 3.08. The van der Waals surface area contributed by atoms with Crippen molar-refractivity contribution in [3.63, 3.8) is 0 Å². The van der Waals surface area contributed by atoms with Gasteiger partial charge in [-0.1, -0.05) is 17.7 Å². The first-order chi connectivity index (χ1) is 9.45. The molecule has 1 aromatic carbocycles. The Bertz CT molecular complexity index is 667. The van der Waals surface area contributed by atoms with Crippen LogP contribution in [0.15, 0.2) is 18.2 Å². The molecule has 0 aliphatic heterocycles. The molecule has 6 heteroatoms. The Labute approximate surface area is 121 Å². The molecule has 0 amide bonds. The summed E-state index contributed by atoms with van der Waals surface area (Å²) in [6.07, 6.45) is -0.0181. The van der Waals surface area contributed by atoms with Crippen LogP contribution in [0.3, 0.4) is 0 Å². The fourth-order valence-electron chi connectivity index (χ4n) is 2.07. The molecule has 0 unspecified atom stereocenters. The number of methoxy groups -OCH3 is 1. The molecule has 1 aromatic heterocycles. The Kier molecular flexibility index (Phi) is 4.09. The van der Waals surface area contributed by atoms with Gasteiger partial charge in [-0.3, -0.25) is 9.48 Å². The number of ketones is 1. The molecule has 0 atom stereocenters. The highest BCUT2D eigenvalue weighted by molar-refractivity contribution is 6.30. The highest BCUT2D eigenvalue weighted by Crippen LogP contribution is 2.26. The Balaban J connectivity index is 2.38. The molecule has 0 aliphatic rings. The summed E-state index contributed by atoms with van der Waals surface area (Å²) in [5, 5.41) is 4.51. The van der Waals surface area contributed by atoms with Crippen molar-refractivity contribution in [3.8, 4) is 5.75 Å². The number of rotatable bonds is 4. The maximum atomic E-state index is 13.8. The number of aryl methyl sites for hydroxylation is 2. The number of aromatic nitrogens is 2. The van der Waals surface area contributed by atoms with Gasteiger partial charge in [-0.25, -0.2) is 4.39 Å². The molecule has 0 fully saturated rings. The van der Waals surface area contributed by atoms with Gasteiger partial charge in [0.1, 0.15) is 16.7 Å². The number of carbonyl (C=O) groups is 1. The van der Waals surface area contributed by atoms with Crippen LogP contribution in [0.4, 0.5) is 4.39 Å². The lowest BCUT2D eigenvalue weighted by Crippen LogP contribution is -2.09. The summed E-state index contributed by atoms with van der Waals surface area (Å²) in [5.41, 5.74) is 1.19. The molecule has 0 spiro atoms. The van der Waals surface area contributed by atoms with E-state index < -0.39 is 11.6 Å². The predicted octanol–water partition coefficient (Wildman–Crippen LogP) is 2.96. The molecule has 0 radical (unpaired) electrons. The van der Waals surface area contributed by atoms with Gasteiger partial charge < -0.3 is 4.74 Å². The van der Waals surface area contributed by atoms with Crippen molar-refractivity contribution in [2.75, 3.05) is 7.11 Å². The van der Waals surface area contributed by atoms with Crippen LogP contribution in [0.2, 0.25) is 5.15 Å². The molecule has 20 heavy (non-hydrogen) atoms. The van der Waals surface area contributed by atoms with Gasteiger partial charge in [0, 0.05) is 19.0 Å². The number of carbonyl (C=O) groups excluding carboxylic acids is 1. The largest absolute Gasteiger partial charge is 0.496 e. The predicted molar refractivity (Wildman–Crippen MR) is 73.9 cm³/mol. The number of nitrogens with zero attached hydrogens (tertiary/aromatic N) is 2.